The van der Waals surface area contributed by atoms with Crippen LogP contribution in [0, 0.1) is 5.92 Å². The van der Waals surface area contributed by atoms with Crippen LogP contribution >= 0.6 is 0 Å². The van der Waals surface area contributed by atoms with E-state index in [2.05, 4.69) is 5.16 Å². The molecule has 0 aromatic carbocycles. The highest BCUT2D eigenvalue weighted by Gasteiger charge is 2.43. The molecule has 3 saturated carbocycles. The molecule has 3 fully saturated rings. The third-order valence-corrected chi connectivity index (χ3v) is 4.16. The van der Waals surface area contributed by atoms with Crippen LogP contribution < -0.4 is 0 Å². The SMILES string of the molecule is CCOC(=O)/C(=N\OC12CCC(CC1)CC2)C(C)=O. The lowest BCUT2D eigenvalue weighted by Gasteiger charge is -2.44. The molecule has 0 aromatic rings. The minimum absolute atomic E-state index is 0.220. The Kier molecular flexibility index (Phi) is 4.22. The molecule has 0 unspecified atom stereocenters. The molecule has 0 radical (unpaired) electrons. The van der Waals surface area contributed by atoms with Crippen LogP contribution in [0.2, 0.25) is 0 Å². The number of ketones is 1. The summed E-state index contributed by atoms with van der Waals surface area (Å²) in [5, 5.41) is 3.83. The fraction of sp³-hybridized carbons (Fsp3) is 0.786. The van der Waals surface area contributed by atoms with Gasteiger partial charge < -0.3 is 9.57 Å². The summed E-state index contributed by atoms with van der Waals surface area (Å²) in [4.78, 5) is 28.6. The van der Waals surface area contributed by atoms with E-state index in [0.29, 0.717) is 0 Å². The molecule has 0 aromatic heterocycles. The van der Waals surface area contributed by atoms with Gasteiger partial charge in [0, 0.05) is 6.92 Å². The Morgan fingerprint density at radius 3 is 2.26 bits per heavy atom. The zero-order valence-electron chi connectivity index (χ0n) is 11.6. The fourth-order valence-corrected chi connectivity index (χ4v) is 2.93. The Balaban J connectivity index is 2.05. The first-order valence-corrected chi connectivity index (χ1v) is 7.00. The fourth-order valence-electron chi connectivity index (χ4n) is 2.93. The van der Waals surface area contributed by atoms with Gasteiger partial charge in [0.2, 0.25) is 5.71 Å². The maximum atomic E-state index is 11.6. The van der Waals surface area contributed by atoms with Gasteiger partial charge in [0.1, 0.15) is 5.60 Å². The molecule has 19 heavy (non-hydrogen) atoms. The molecule has 0 saturated heterocycles. The van der Waals surface area contributed by atoms with Crippen LogP contribution in [0.1, 0.15) is 52.4 Å². The van der Waals surface area contributed by atoms with Crippen LogP contribution in [0.15, 0.2) is 5.16 Å². The number of carbonyl (C=O) groups is 2. The molecule has 5 heteroatoms. The quantitative estimate of drug-likeness (QED) is 0.331. The minimum atomic E-state index is -0.698. The van der Waals surface area contributed by atoms with Crippen molar-refractivity contribution < 1.29 is 19.2 Å². The van der Waals surface area contributed by atoms with E-state index < -0.39 is 11.8 Å². The standard InChI is InChI=1S/C14H21NO4/c1-3-18-13(17)12(10(2)16)15-19-14-7-4-11(5-8-14)6-9-14/h11H,3-9H2,1-2H3/b15-12-. The van der Waals surface area contributed by atoms with Crippen LogP contribution in [0.25, 0.3) is 0 Å². The molecule has 0 aliphatic heterocycles. The number of nitrogens with zero attached hydrogens (tertiary/aromatic N) is 1. The van der Waals surface area contributed by atoms with Crippen LogP contribution in [0.5, 0.6) is 0 Å². The van der Waals surface area contributed by atoms with E-state index in [4.69, 9.17) is 9.57 Å². The summed E-state index contributed by atoms with van der Waals surface area (Å²) < 4.78 is 4.81. The second kappa shape index (κ2) is 5.72. The Morgan fingerprint density at radius 2 is 1.79 bits per heavy atom. The molecule has 5 nitrogen and oxygen atoms in total. The minimum Gasteiger partial charge on any atom is -0.461 e. The van der Waals surface area contributed by atoms with Crippen LogP contribution in [-0.4, -0.2) is 29.7 Å². The highest BCUT2D eigenvalue weighted by Crippen LogP contribution is 2.46. The van der Waals surface area contributed by atoms with Crippen molar-refractivity contribution in [2.45, 2.75) is 58.0 Å². The molecule has 3 rings (SSSR count). The Bertz CT molecular complexity index is 380. The summed E-state index contributed by atoms with van der Waals surface area (Å²) in [6, 6.07) is 0. The van der Waals surface area contributed by atoms with Gasteiger partial charge in [-0.15, -0.1) is 0 Å². The van der Waals surface area contributed by atoms with Crippen molar-refractivity contribution in [2.75, 3.05) is 6.61 Å². The third kappa shape index (κ3) is 3.14. The van der Waals surface area contributed by atoms with Crippen LogP contribution in [0.3, 0.4) is 0 Å². The number of fused-ring (bicyclic) bond motifs is 3. The number of ether oxygens (including phenoxy) is 1. The summed E-state index contributed by atoms with van der Waals surface area (Å²) in [7, 11) is 0. The van der Waals surface area contributed by atoms with Gasteiger partial charge in [0.05, 0.1) is 6.61 Å². The van der Waals surface area contributed by atoms with E-state index in [9.17, 15) is 9.59 Å². The van der Waals surface area contributed by atoms with Crippen LogP contribution in [-0.2, 0) is 19.2 Å². The second-order valence-electron chi connectivity index (χ2n) is 5.47. The van der Waals surface area contributed by atoms with E-state index >= 15 is 0 Å². The summed E-state index contributed by atoms with van der Waals surface area (Å²) >= 11 is 0. The van der Waals surface area contributed by atoms with Gasteiger partial charge in [0.25, 0.3) is 0 Å². The molecule has 3 aliphatic carbocycles. The highest BCUT2D eigenvalue weighted by molar-refractivity contribution is 6.63. The molecule has 0 N–H and O–H groups in total. The molecule has 0 spiro atoms. The molecular weight excluding hydrogens is 246 g/mol. The van der Waals surface area contributed by atoms with Gasteiger partial charge in [-0.3, -0.25) is 4.79 Å². The second-order valence-corrected chi connectivity index (χ2v) is 5.47. The Labute approximate surface area is 113 Å². The topological polar surface area (TPSA) is 65.0 Å². The maximum Gasteiger partial charge on any atom is 0.364 e. The summed E-state index contributed by atoms with van der Waals surface area (Å²) in [5.41, 5.74) is -0.494. The lowest BCUT2D eigenvalue weighted by atomic mass is 9.68. The van der Waals surface area contributed by atoms with Crippen molar-refractivity contribution in [1.29, 1.82) is 0 Å². The average Bonchev–Trinajstić information content (AvgIpc) is 2.41. The summed E-state index contributed by atoms with van der Waals surface area (Å²) in [5.74, 6) is -0.290. The van der Waals surface area contributed by atoms with Crippen LogP contribution in [0.4, 0.5) is 0 Å². The molecule has 0 atom stereocenters. The van der Waals surface area contributed by atoms with E-state index in [1.807, 2.05) is 0 Å². The normalized spacial score (nSPS) is 30.0. The molecule has 2 bridgehead atoms. The first-order valence-electron chi connectivity index (χ1n) is 7.00. The summed E-state index contributed by atoms with van der Waals surface area (Å²) in [6.07, 6.45) is 6.37. The van der Waals surface area contributed by atoms with Gasteiger partial charge in [-0.1, -0.05) is 5.16 Å². The molecular formula is C14H21NO4. The number of Topliss-reactive ketones (excluding diaryl/α,β-unsaturated/α-hetero) is 1. The average molecular weight is 267 g/mol. The number of hydrogen-bond donors (Lipinski definition) is 0. The van der Waals surface area contributed by atoms with Crippen molar-refractivity contribution in [3.05, 3.63) is 0 Å². The first kappa shape index (κ1) is 14.0. The third-order valence-electron chi connectivity index (χ3n) is 4.16. The predicted molar refractivity (Wildman–Crippen MR) is 69.8 cm³/mol. The van der Waals surface area contributed by atoms with Gasteiger partial charge in [-0.2, -0.15) is 0 Å². The zero-order chi connectivity index (χ0) is 13.9. The number of esters is 1. The Morgan fingerprint density at radius 1 is 1.21 bits per heavy atom. The monoisotopic (exact) mass is 267 g/mol. The van der Waals surface area contributed by atoms with Gasteiger partial charge in [0.15, 0.2) is 5.78 Å². The Hall–Kier alpha value is -1.39. The molecule has 3 aliphatic rings. The largest absolute Gasteiger partial charge is 0.461 e. The van der Waals surface area contributed by atoms with E-state index in [1.165, 1.54) is 6.92 Å². The highest BCUT2D eigenvalue weighted by atomic mass is 16.7. The maximum absolute atomic E-state index is 11.6. The van der Waals surface area contributed by atoms with Crippen molar-refractivity contribution >= 4 is 17.5 Å². The first-order chi connectivity index (χ1) is 9.06. The molecule has 106 valence electrons. The summed E-state index contributed by atoms with van der Waals surface area (Å²) in [6.45, 7) is 3.21. The van der Waals surface area contributed by atoms with E-state index in [0.717, 1.165) is 44.4 Å². The zero-order valence-corrected chi connectivity index (χ0v) is 11.6. The molecule has 0 heterocycles. The lowest BCUT2D eigenvalue weighted by Crippen LogP contribution is -2.41. The van der Waals surface area contributed by atoms with E-state index in [-0.39, 0.29) is 17.9 Å². The smallest absolute Gasteiger partial charge is 0.364 e. The molecule has 0 amide bonds. The van der Waals surface area contributed by atoms with Gasteiger partial charge in [-0.25, -0.2) is 4.79 Å². The number of oxime groups is 1. The number of carbonyl (C=O) groups excluding carboxylic acids is 2. The van der Waals surface area contributed by atoms with Crippen molar-refractivity contribution in [3.63, 3.8) is 0 Å². The number of hydrogen-bond acceptors (Lipinski definition) is 5. The lowest BCUT2D eigenvalue weighted by molar-refractivity contribution is -0.137. The van der Waals surface area contributed by atoms with E-state index in [1.54, 1.807) is 6.92 Å². The van der Waals surface area contributed by atoms with Crippen molar-refractivity contribution in [1.82, 2.24) is 0 Å². The predicted octanol–water partition coefficient (Wildman–Crippen LogP) is 2.23. The van der Waals surface area contributed by atoms with Crippen molar-refractivity contribution in [2.24, 2.45) is 11.1 Å². The van der Waals surface area contributed by atoms with Gasteiger partial charge >= 0.3 is 5.97 Å². The van der Waals surface area contributed by atoms with Gasteiger partial charge in [-0.05, 0) is 51.4 Å². The number of rotatable bonds is 5. The van der Waals surface area contributed by atoms with Crippen molar-refractivity contribution in [3.8, 4) is 0 Å².